The summed E-state index contributed by atoms with van der Waals surface area (Å²) in [4.78, 5) is 15.4. The number of rotatable bonds is 6. The average molecular weight is 331 g/mol. The SMILES string of the molecule is CCCCCCOc1ccc2c(=O)c3c(F)cc(F)cc3[nH]c2c1. The third kappa shape index (κ3) is 3.25. The molecule has 1 N–H and O–H groups in total. The molecule has 126 valence electrons. The van der Waals surface area contributed by atoms with Crippen molar-refractivity contribution in [1.82, 2.24) is 4.98 Å². The van der Waals surface area contributed by atoms with E-state index in [2.05, 4.69) is 11.9 Å². The number of aromatic amines is 1. The van der Waals surface area contributed by atoms with E-state index in [1.807, 2.05) is 0 Å². The van der Waals surface area contributed by atoms with E-state index in [0.29, 0.717) is 23.3 Å². The summed E-state index contributed by atoms with van der Waals surface area (Å²) in [7, 11) is 0. The number of nitrogens with one attached hydrogen (secondary N) is 1. The molecule has 0 radical (unpaired) electrons. The molecule has 0 aliphatic rings. The molecule has 0 saturated carbocycles. The van der Waals surface area contributed by atoms with Gasteiger partial charge < -0.3 is 9.72 Å². The Morgan fingerprint density at radius 2 is 1.88 bits per heavy atom. The molecule has 0 spiro atoms. The Balaban J connectivity index is 1.95. The molecular weight excluding hydrogens is 312 g/mol. The summed E-state index contributed by atoms with van der Waals surface area (Å²) in [6, 6.07) is 6.84. The van der Waals surface area contributed by atoms with E-state index in [-0.39, 0.29) is 10.9 Å². The normalized spacial score (nSPS) is 11.3. The summed E-state index contributed by atoms with van der Waals surface area (Å²) in [6.07, 6.45) is 4.43. The summed E-state index contributed by atoms with van der Waals surface area (Å²) < 4.78 is 33.0. The van der Waals surface area contributed by atoms with Crippen LogP contribution < -0.4 is 10.2 Å². The van der Waals surface area contributed by atoms with E-state index in [4.69, 9.17) is 4.74 Å². The largest absolute Gasteiger partial charge is 0.494 e. The fourth-order valence-electron chi connectivity index (χ4n) is 2.82. The predicted molar refractivity (Wildman–Crippen MR) is 91.6 cm³/mol. The lowest BCUT2D eigenvalue weighted by Gasteiger charge is -2.08. The second-order valence-electron chi connectivity index (χ2n) is 5.88. The van der Waals surface area contributed by atoms with Crippen molar-refractivity contribution in [2.75, 3.05) is 6.61 Å². The molecule has 2 aromatic carbocycles. The van der Waals surface area contributed by atoms with Gasteiger partial charge >= 0.3 is 0 Å². The molecule has 3 nitrogen and oxygen atoms in total. The van der Waals surface area contributed by atoms with Gasteiger partial charge in [-0.2, -0.15) is 0 Å². The third-order valence-corrected chi connectivity index (χ3v) is 4.05. The highest BCUT2D eigenvalue weighted by molar-refractivity contribution is 5.93. The first-order chi connectivity index (χ1) is 11.6. The van der Waals surface area contributed by atoms with Crippen molar-refractivity contribution in [3.8, 4) is 5.75 Å². The fourth-order valence-corrected chi connectivity index (χ4v) is 2.82. The molecule has 1 heterocycles. The average Bonchev–Trinajstić information content (AvgIpc) is 2.53. The summed E-state index contributed by atoms with van der Waals surface area (Å²) >= 11 is 0. The van der Waals surface area contributed by atoms with Gasteiger partial charge in [0.1, 0.15) is 17.4 Å². The molecule has 3 aromatic rings. The number of unbranched alkanes of at least 4 members (excludes halogenated alkanes) is 3. The zero-order chi connectivity index (χ0) is 17.1. The van der Waals surface area contributed by atoms with Crippen molar-refractivity contribution in [3.63, 3.8) is 0 Å². The number of halogens is 2. The van der Waals surface area contributed by atoms with Crippen molar-refractivity contribution in [1.29, 1.82) is 0 Å². The maximum Gasteiger partial charge on any atom is 0.200 e. The highest BCUT2D eigenvalue weighted by Gasteiger charge is 2.12. The molecule has 0 fully saturated rings. The molecular formula is C19H19F2NO2. The zero-order valence-electron chi connectivity index (χ0n) is 13.5. The van der Waals surface area contributed by atoms with Crippen LogP contribution in [0.5, 0.6) is 5.75 Å². The number of fused-ring (bicyclic) bond motifs is 2. The molecule has 3 rings (SSSR count). The first kappa shape index (κ1) is 16.4. The van der Waals surface area contributed by atoms with Crippen molar-refractivity contribution in [3.05, 3.63) is 52.2 Å². The number of hydrogen-bond acceptors (Lipinski definition) is 2. The zero-order valence-corrected chi connectivity index (χ0v) is 13.5. The minimum absolute atomic E-state index is 0.128. The van der Waals surface area contributed by atoms with E-state index in [1.165, 1.54) is 6.42 Å². The van der Waals surface area contributed by atoms with E-state index in [9.17, 15) is 13.6 Å². The summed E-state index contributed by atoms with van der Waals surface area (Å²) in [5.74, 6) is -0.950. The molecule has 0 bridgehead atoms. The van der Waals surface area contributed by atoms with Gasteiger partial charge in [-0.1, -0.05) is 26.2 Å². The molecule has 0 amide bonds. The van der Waals surface area contributed by atoms with Crippen molar-refractivity contribution < 1.29 is 13.5 Å². The van der Waals surface area contributed by atoms with Crippen LogP contribution in [0.1, 0.15) is 32.6 Å². The highest BCUT2D eigenvalue weighted by atomic mass is 19.1. The van der Waals surface area contributed by atoms with Crippen LogP contribution in [0.3, 0.4) is 0 Å². The lowest BCUT2D eigenvalue weighted by atomic mass is 10.1. The van der Waals surface area contributed by atoms with E-state index in [0.717, 1.165) is 31.4 Å². The lowest BCUT2D eigenvalue weighted by molar-refractivity contribution is 0.305. The molecule has 0 unspecified atom stereocenters. The second-order valence-corrected chi connectivity index (χ2v) is 5.88. The molecule has 24 heavy (non-hydrogen) atoms. The molecule has 0 aliphatic carbocycles. The number of hydrogen-bond donors (Lipinski definition) is 1. The smallest absolute Gasteiger partial charge is 0.200 e. The molecule has 0 aliphatic heterocycles. The molecule has 5 heteroatoms. The predicted octanol–water partition coefficient (Wildman–Crippen LogP) is 4.92. The van der Waals surface area contributed by atoms with Crippen LogP contribution in [0.25, 0.3) is 21.8 Å². The third-order valence-electron chi connectivity index (χ3n) is 4.05. The topological polar surface area (TPSA) is 42.1 Å². The maximum atomic E-state index is 13.9. The van der Waals surface area contributed by atoms with Gasteiger partial charge in [0.05, 0.1) is 23.0 Å². The summed E-state index contributed by atoms with van der Waals surface area (Å²) in [5.41, 5.74) is 0.194. The van der Waals surface area contributed by atoms with Crippen LogP contribution in [0.2, 0.25) is 0 Å². The highest BCUT2D eigenvalue weighted by Crippen LogP contribution is 2.22. The van der Waals surface area contributed by atoms with Crippen molar-refractivity contribution in [2.24, 2.45) is 0 Å². The number of aromatic nitrogens is 1. The van der Waals surface area contributed by atoms with Crippen LogP contribution in [-0.2, 0) is 0 Å². The van der Waals surface area contributed by atoms with Gasteiger partial charge in [0.15, 0.2) is 5.43 Å². The monoisotopic (exact) mass is 331 g/mol. The van der Waals surface area contributed by atoms with E-state index < -0.39 is 17.1 Å². The van der Waals surface area contributed by atoms with E-state index in [1.54, 1.807) is 18.2 Å². The number of ether oxygens (including phenoxy) is 1. The molecule has 1 aromatic heterocycles. The fraction of sp³-hybridized carbons (Fsp3) is 0.316. The Morgan fingerprint density at radius 1 is 1.04 bits per heavy atom. The first-order valence-electron chi connectivity index (χ1n) is 8.17. The van der Waals surface area contributed by atoms with Gasteiger partial charge in [-0.3, -0.25) is 4.79 Å². The Kier molecular flexibility index (Phi) is 4.79. The lowest BCUT2D eigenvalue weighted by Crippen LogP contribution is -2.07. The minimum atomic E-state index is -0.857. The van der Waals surface area contributed by atoms with Gasteiger partial charge in [-0.05, 0) is 24.6 Å². The van der Waals surface area contributed by atoms with Crippen LogP contribution in [0, 0.1) is 11.6 Å². The Hall–Kier alpha value is -2.43. The standard InChI is InChI=1S/C19H19F2NO2/c1-2-3-4-5-8-24-13-6-7-14-16(11-13)22-17-10-12(20)9-15(21)18(17)19(14)23/h6-7,9-11H,2-5,8H2,1H3,(H,22,23). The molecule has 0 atom stereocenters. The Morgan fingerprint density at radius 3 is 2.67 bits per heavy atom. The second kappa shape index (κ2) is 6.99. The van der Waals surface area contributed by atoms with Gasteiger partial charge in [-0.15, -0.1) is 0 Å². The van der Waals surface area contributed by atoms with Gasteiger partial charge in [0.2, 0.25) is 0 Å². The number of pyridine rings is 1. The number of benzene rings is 2. The van der Waals surface area contributed by atoms with Crippen LogP contribution >= 0.6 is 0 Å². The van der Waals surface area contributed by atoms with Gasteiger partial charge in [0.25, 0.3) is 0 Å². The maximum absolute atomic E-state index is 13.9. The summed E-state index contributed by atoms with van der Waals surface area (Å²) in [6.45, 7) is 2.75. The first-order valence-corrected chi connectivity index (χ1v) is 8.17. The molecule has 0 saturated heterocycles. The van der Waals surface area contributed by atoms with Crippen molar-refractivity contribution in [2.45, 2.75) is 32.6 Å². The van der Waals surface area contributed by atoms with E-state index >= 15 is 0 Å². The Bertz CT molecular complexity index is 934. The quantitative estimate of drug-likeness (QED) is 0.514. The van der Waals surface area contributed by atoms with Gasteiger partial charge in [0, 0.05) is 17.5 Å². The minimum Gasteiger partial charge on any atom is -0.494 e. The van der Waals surface area contributed by atoms with Gasteiger partial charge in [-0.25, -0.2) is 8.78 Å². The van der Waals surface area contributed by atoms with Crippen LogP contribution in [-0.4, -0.2) is 11.6 Å². The van der Waals surface area contributed by atoms with Crippen molar-refractivity contribution >= 4 is 21.8 Å². The van der Waals surface area contributed by atoms with Crippen LogP contribution in [0.15, 0.2) is 35.1 Å². The summed E-state index contributed by atoms with van der Waals surface area (Å²) in [5, 5.41) is 0.225. The Labute approximate surface area is 138 Å². The van der Waals surface area contributed by atoms with Crippen LogP contribution in [0.4, 0.5) is 8.78 Å². The number of H-pyrrole nitrogens is 1.